The third kappa shape index (κ3) is 2.33. The van der Waals surface area contributed by atoms with Crippen molar-refractivity contribution in [2.24, 2.45) is 46.2 Å². The Kier molecular flexibility index (Phi) is 3.96. The number of carbonyl (C=O) groups is 3. The Morgan fingerprint density at radius 2 is 1.89 bits per heavy atom. The van der Waals surface area contributed by atoms with Gasteiger partial charge >= 0.3 is 0 Å². The Morgan fingerprint density at radius 3 is 2.56 bits per heavy atom. The summed E-state index contributed by atoms with van der Waals surface area (Å²) in [6, 6.07) is 0. The predicted molar refractivity (Wildman–Crippen MR) is 100 cm³/mol. The molecule has 0 heterocycles. The molecule has 146 valence electrons. The number of allylic oxidation sites excluding steroid dienone is 3. The Morgan fingerprint density at radius 1 is 1.19 bits per heavy atom. The monoisotopic (exact) mass is 371 g/mol. The fourth-order valence-electron chi connectivity index (χ4n) is 7.38. The molecule has 0 saturated heterocycles. The minimum atomic E-state index is -0.817. The Bertz CT molecular complexity index is 796. The largest absolute Gasteiger partial charge is 0.511 e. The van der Waals surface area contributed by atoms with Crippen molar-refractivity contribution in [2.45, 2.75) is 52.9 Å². The van der Waals surface area contributed by atoms with E-state index in [1.807, 2.05) is 0 Å². The van der Waals surface area contributed by atoms with E-state index in [-0.39, 0.29) is 34.7 Å². The van der Waals surface area contributed by atoms with Crippen LogP contribution in [0.1, 0.15) is 52.9 Å². The van der Waals surface area contributed by atoms with E-state index in [2.05, 4.69) is 20.8 Å². The van der Waals surface area contributed by atoms with E-state index in [0.29, 0.717) is 11.8 Å². The van der Waals surface area contributed by atoms with Crippen LogP contribution in [0.4, 0.5) is 0 Å². The van der Waals surface area contributed by atoms with Gasteiger partial charge in [0.15, 0.2) is 5.78 Å². The van der Waals surface area contributed by atoms with Gasteiger partial charge < -0.3 is 10.8 Å². The lowest BCUT2D eigenvalue weighted by Crippen LogP contribution is -2.52. The molecule has 3 fully saturated rings. The van der Waals surface area contributed by atoms with E-state index < -0.39 is 17.1 Å². The van der Waals surface area contributed by atoms with Gasteiger partial charge in [-0.15, -0.1) is 0 Å². The molecular weight excluding hydrogens is 342 g/mol. The fraction of sp³-hybridized carbons (Fsp3) is 0.682. The van der Waals surface area contributed by atoms with Gasteiger partial charge in [-0.3, -0.25) is 14.4 Å². The highest BCUT2D eigenvalue weighted by atomic mass is 16.3. The van der Waals surface area contributed by atoms with Crippen LogP contribution in [-0.2, 0) is 14.4 Å². The average Bonchev–Trinajstić information content (AvgIpc) is 2.86. The lowest BCUT2D eigenvalue weighted by atomic mass is 9.47. The molecule has 3 saturated carbocycles. The summed E-state index contributed by atoms with van der Waals surface area (Å²) in [5.41, 5.74) is 5.72. The van der Waals surface area contributed by atoms with Crippen molar-refractivity contribution in [2.75, 3.05) is 0 Å². The maximum Gasteiger partial charge on any atom is 0.285 e. The van der Waals surface area contributed by atoms with Gasteiger partial charge in [0.1, 0.15) is 5.76 Å². The molecule has 4 aliphatic carbocycles. The zero-order valence-corrected chi connectivity index (χ0v) is 16.3. The van der Waals surface area contributed by atoms with E-state index in [0.717, 1.165) is 37.7 Å². The normalized spacial score (nSPS) is 45.9. The highest BCUT2D eigenvalue weighted by Crippen LogP contribution is 2.67. The summed E-state index contributed by atoms with van der Waals surface area (Å²) in [6.45, 7) is 6.30. The standard InChI is InChI=1S/C22H29NO4/c1-11-8-16-14-5-4-12-9-13(24)10-17(25)22(12,3)15(14)6-7-21(16,2)18(11)19(26)20(23)27/h9-11,14-16,18,25H,4-8H2,1-3H3,(H2,23,27)/t11?,14-,15+,16+,18-,21+,22+/m1/s1. The summed E-state index contributed by atoms with van der Waals surface area (Å²) in [7, 11) is 0. The second-order valence-corrected chi connectivity index (χ2v) is 9.68. The first-order chi connectivity index (χ1) is 12.6. The Labute approximate surface area is 160 Å². The van der Waals surface area contributed by atoms with Crippen molar-refractivity contribution in [1.82, 2.24) is 0 Å². The van der Waals surface area contributed by atoms with Crippen LogP contribution in [0.3, 0.4) is 0 Å². The van der Waals surface area contributed by atoms with Gasteiger partial charge in [0.2, 0.25) is 5.78 Å². The fourth-order valence-corrected chi connectivity index (χ4v) is 7.38. The number of aliphatic hydroxyl groups is 1. The van der Waals surface area contributed by atoms with Crippen LogP contribution < -0.4 is 5.73 Å². The van der Waals surface area contributed by atoms with Gasteiger partial charge in [-0.2, -0.15) is 0 Å². The number of nitrogens with two attached hydrogens (primary N) is 1. The summed E-state index contributed by atoms with van der Waals surface area (Å²) < 4.78 is 0. The highest BCUT2D eigenvalue weighted by Gasteiger charge is 2.63. The number of hydrogen-bond donors (Lipinski definition) is 2. The first-order valence-corrected chi connectivity index (χ1v) is 10.1. The molecule has 0 aromatic rings. The molecule has 1 unspecified atom stereocenters. The second kappa shape index (κ2) is 5.79. The molecule has 0 aromatic heterocycles. The van der Waals surface area contributed by atoms with E-state index in [1.165, 1.54) is 6.08 Å². The van der Waals surface area contributed by atoms with Crippen molar-refractivity contribution >= 4 is 17.5 Å². The third-order valence-electron chi connectivity index (χ3n) is 8.59. The maximum absolute atomic E-state index is 12.6. The zero-order chi connectivity index (χ0) is 19.7. The SMILES string of the molecule is CC1C[C@H]2[C@@H]3CCC4=CC(=O)C=C(O)[C@]4(C)[C@H]3CC[C@]2(C)[C@H]1C(=O)C(N)=O. The number of carbonyl (C=O) groups excluding carboxylic acids is 3. The summed E-state index contributed by atoms with van der Waals surface area (Å²) >= 11 is 0. The van der Waals surface area contributed by atoms with Crippen LogP contribution in [0.15, 0.2) is 23.5 Å². The number of aliphatic hydroxyl groups excluding tert-OH is 1. The minimum Gasteiger partial charge on any atom is -0.511 e. The molecule has 7 atom stereocenters. The molecule has 4 aliphatic rings. The lowest BCUT2D eigenvalue weighted by Gasteiger charge is -2.57. The minimum absolute atomic E-state index is 0.124. The number of ketones is 2. The first-order valence-electron chi connectivity index (χ1n) is 10.1. The van der Waals surface area contributed by atoms with Gasteiger partial charge in [-0.25, -0.2) is 0 Å². The Balaban J connectivity index is 1.71. The predicted octanol–water partition coefficient (Wildman–Crippen LogP) is 3.10. The molecule has 27 heavy (non-hydrogen) atoms. The van der Waals surface area contributed by atoms with Crippen LogP contribution in [0.25, 0.3) is 0 Å². The number of hydrogen-bond acceptors (Lipinski definition) is 4. The number of Topliss-reactive ketones (excluding diaryl/α,β-unsaturated/α-hetero) is 1. The zero-order valence-electron chi connectivity index (χ0n) is 16.3. The molecule has 4 rings (SSSR count). The van der Waals surface area contributed by atoms with Gasteiger partial charge in [-0.05, 0) is 74.2 Å². The van der Waals surface area contributed by atoms with Crippen molar-refractivity contribution in [3.8, 4) is 0 Å². The van der Waals surface area contributed by atoms with Crippen molar-refractivity contribution in [3.63, 3.8) is 0 Å². The first kappa shape index (κ1) is 18.5. The summed E-state index contributed by atoms with van der Waals surface area (Å²) in [4.78, 5) is 36.1. The van der Waals surface area contributed by atoms with Gasteiger partial charge in [0, 0.05) is 17.4 Å². The van der Waals surface area contributed by atoms with Crippen LogP contribution in [0.5, 0.6) is 0 Å². The molecule has 0 radical (unpaired) electrons. The highest BCUT2D eigenvalue weighted by molar-refractivity contribution is 6.36. The van der Waals surface area contributed by atoms with Crippen LogP contribution in [0, 0.1) is 40.4 Å². The number of primary amides is 1. The van der Waals surface area contributed by atoms with E-state index in [1.54, 1.807) is 6.08 Å². The summed E-state index contributed by atoms with van der Waals surface area (Å²) in [6.07, 6.45) is 7.49. The quantitative estimate of drug-likeness (QED) is 0.729. The van der Waals surface area contributed by atoms with Gasteiger partial charge in [0.25, 0.3) is 5.91 Å². The van der Waals surface area contributed by atoms with Crippen molar-refractivity contribution in [1.29, 1.82) is 0 Å². The molecule has 0 bridgehead atoms. The molecule has 5 nitrogen and oxygen atoms in total. The van der Waals surface area contributed by atoms with Crippen LogP contribution in [0.2, 0.25) is 0 Å². The molecule has 0 aliphatic heterocycles. The molecule has 0 aromatic carbocycles. The number of rotatable bonds is 2. The summed E-state index contributed by atoms with van der Waals surface area (Å²) in [5.74, 6) is -0.355. The van der Waals surface area contributed by atoms with Crippen LogP contribution >= 0.6 is 0 Å². The molecule has 5 heteroatoms. The lowest BCUT2D eigenvalue weighted by molar-refractivity contribution is -0.143. The summed E-state index contributed by atoms with van der Waals surface area (Å²) in [5, 5.41) is 10.7. The Hall–Kier alpha value is -1.91. The molecule has 3 N–H and O–H groups in total. The second-order valence-electron chi connectivity index (χ2n) is 9.68. The van der Waals surface area contributed by atoms with Crippen molar-refractivity contribution in [3.05, 3.63) is 23.5 Å². The topological polar surface area (TPSA) is 97.5 Å². The number of amides is 1. The molecule has 1 amide bonds. The van der Waals surface area contributed by atoms with Gasteiger partial charge in [-0.1, -0.05) is 19.4 Å². The maximum atomic E-state index is 12.6. The average molecular weight is 371 g/mol. The van der Waals surface area contributed by atoms with Crippen LogP contribution in [-0.4, -0.2) is 22.6 Å². The van der Waals surface area contributed by atoms with E-state index in [9.17, 15) is 19.5 Å². The molecular formula is C22H29NO4. The van der Waals surface area contributed by atoms with Gasteiger partial charge in [0.05, 0.1) is 0 Å². The van der Waals surface area contributed by atoms with E-state index >= 15 is 0 Å². The van der Waals surface area contributed by atoms with E-state index in [4.69, 9.17) is 5.73 Å². The molecule has 0 spiro atoms. The number of fused-ring (bicyclic) bond motifs is 5. The smallest absolute Gasteiger partial charge is 0.285 e. The van der Waals surface area contributed by atoms with Crippen molar-refractivity contribution < 1.29 is 19.5 Å². The third-order valence-corrected chi connectivity index (χ3v) is 8.59.